The van der Waals surface area contributed by atoms with Crippen LogP contribution in [0.4, 0.5) is 0 Å². The molecule has 0 aliphatic carbocycles. The van der Waals surface area contributed by atoms with Gasteiger partial charge in [0, 0.05) is 26.1 Å². The number of carbonyl (C=O) groups is 1. The highest BCUT2D eigenvalue weighted by atomic mass is 32.2. The van der Waals surface area contributed by atoms with Crippen molar-refractivity contribution in [3.8, 4) is 6.07 Å². The van der Waals surface area contributed by atoms with Crippen LogP contribution in [-0.2, 0) is 19.6 Å². The summed E-state index contributed by atoms with van der Waals surface area (Å²) >= 11 is 0. The van der Waals surface area contributed by atoms with Crippen LogP contribution >= 0.6 is 0 Å². The van der Waals surface area contributed by atoms with E-state index < -0.39 is 26.8 Å². The molecule has 0 saturated carbocycles. The Kier molecular flexibility index (Phi) is 4.67. The molecule has 1 aliphatic heterocycles. The number of nitrogens with zero attached hydrogens (tertiary/aromatic N) is 1. The molecule has 18 heavy (non-hydrogen) atoms. The number of nitriles is 1. The fourth-order valence-electron chi connectivity index (χ4n) is 1.80. The number of carboxylic acids is 1. The van der Waals surface area contributed by atoms with Crippen molar-refractivity contribution in [2.45, 2.75) is 37.0 Å². The molecule has 0 aromatic rings. The molecular weight excluding hydrogens is 260 g/mol. The first kappa shape index (κ1) is 14.9. The van der Waals surface area contributed by atoms with Gasteiger partial charge in [-0.1, -0.05) is 6.92 Å². The summed E-state index contributed by atoms with van der Waals surface area (Å²) in [6.07, 6.45) is 0.227. The number of aliphatic carboxylic acids is 1. The second-order valence-electron chi connectivity index (χ2n) is 4.17. The Bertz CT molecular complexity index is 447. The van der Waals surface area contributed by atoms with Gasteiger partial charge in [-0.05, 0) is 6.42 Å². The van der Waals surface area contributed by atoms with Gasteiger partial charge in [0.1, 0.15) is 5.54 Å². The van der Waals surface area contributed by atoms with Crippen LogP contribution in [0.2, 0.25) is 0 Å². The molecule has 1 rings (SSSR count). The fourth-order valence-corrected chi connectivity index (χ4v) is 3.36. The minimum atomic E-state index is -3.97. The van der Waals surface area contributed by atoms with E-state index in [1.165, 1.54) is 0 Å². The summed E-state index contributed by atoms with van der Waals surface area (Å²) in [5.41, 5.74) is -1.55. The highest BCUT2D eigenvalue weighted by molar-refractivity contribution is 7.90. The van der Waals surface area contributed by atoms with E-state index in [1.54, 1.807) is 13.0 Å². The summed E-state index contributed by atoms with van der Waals surface area (Å²) in [4.78, 5) is 11.3. The number of hydrogen-bond acceptors (Lipinski definition) is 5. The number of ether oxygens (including phenoxy) is 1. The van der Waals surface area contributed by atoms with E-state index in [4.69, 9.17) is 10.00 Å². The second-order valence-corrected chi connectivity index (χ2v) is 6.04. The van der Waals surface area contributed by atoms with Crippen molar-refractivity contribution in [1.82, 2.24) is 4.72 Å². The van der Waals surface area contributed by atoms with Gasteiger partial charge < -0.3 is 9.84 Å². The summed E-state index contributed by atoms with van der Waals surface area (Å²) in [5.74, 6) is -1.23. The molecule has 8 heteroatoms. The van der Waals surface area contributed by atoms with Gasteiger partial charge in [-0.3, -0.25) is 4.79 Å². The van der Waals surface area contributed by atoms with E-state index in [0.717, 1.165) is 0 Å². The van der Waals surface area contributed by atoms with Gasteiger partial charge in [0.2, 0.25) is 10.0 Å². The molecule has 0 spiro atoms. The standard InChI is InChI=1S/C10H16N2O5S/c1-2-8(7-11)18(15,16)12-10(9(13)14)3-5-17-6-4-10/h8,12H,2-6H2,1H3,(H,13,14). The SMILES string of the molecule is CCC(C#N)S(=O)(=O)NC1(C(=O)O)CCOCC1. The maximum atomic E-state index is 11.9. The largest absolute Gasteiger partial charge is 0.480 e. The van der Waals surface area contributed by atoms with Crippen molar-refractivity contribution in [2.24, 2.45) is 0 Å². The molecule has 1 unspecified atom stereocenters. The Morgan fingerprint density at radius 1 is 1.56 bits per heavy atom. The molecule has 1 saturated heterocycles. The first-order chi connectivity index (χ1) is 8.38. The van der Waals surface area contributed by atoms with Crippen LogP contribution in [0.3, 0.4) is 0 Å². The van der Waals surface area contributed by atoms with E-state index in [1.807, 2.05) is 0 Å². The lowest BCUT2D eigenvalue weighted by molar-refractivity contribution is -0.147. The van der Waals surface area contributed by atoms with Gasteiger partial charge in [0.25, 0.3) is 0 Å². The van der Waals surface area contributed by atoms with Crippen molar-refractivity contribution in [3.05, 3.63) is 0 Å². The molecular formula is C10H16N2O5S. The molecule has 102 valence electrons. The monoisotopic (exact) mass is 276 g/mol. The smallest absolute Gasteiger partial charge is 0.325 e. The van der Waals surface area contributed by atoms with E-state index in [-0.39, 0.29) is 32.5 Å². The van der Waals surface area contributed by atoms with Gasteiger partial charge in [-0.25, -0.2) is 8.42 Å². The topological polar surface area (TPSA) is 116 Å². The second kappa shape index (κ2) is 5.65. The third-order valence-corrected chi connectivity index (χ3v) is 4.85. The first-order valence-corrected chi connectivity index (χ1v) is 7.16. The lowest BCUT2D eigenvalue weighted by atomic mass is 9.92. The van der Waals surface area contributed by atoms with Gasteiger partial charge in [-0.2, -0.15) is 9.98 Å². The van der Waals surface area contributed by atoms with Crippen LogP contribution in [0, 0.1) is 11.3 Å². The van der Waals surface area contributed by atoms with Crippen LogP contribution in [0.1, 0.15) is 26.2 Å². The van der Waals surface area contributed by atoms with Crippen LogP contribution in [0.25, 0.3) is 0 Å². The van der Waals surface area contributed by atoms with Crippen LogP contribution < -0.4 is 4.72 Å². The molecule has 0 bridgehead atoms. The van der Waals surface area contributed by atoms with Crippen molar-refractivity contribution in [3.63, 3.8) is 0 Å². The number of hydrogen-bond donors (Lipinski definition) is 2. The summed E-state index contributed by atoms with van der Waals surface area (Å²) < 4.78 is 31.1. The molecule has 0 amide bonds. The zero-order valence-electron chi connectivity index (χ0n) is 10.0. The third-order valence-electron chi connectivity index (χ3n) is 2.98. The molecule has 1 aliphatic rings. The van der Waals surface area contributed by atoms with Crippen LogP contribution in [0.5, 0.6) is 0 Å². The maximum Gasteiger partial charge on any atom is 0.325 e. The lowest BCUT2D eigenvalue weighted by Crippen LogP contribution is -2.58. The fraction of sp³-hybridized carbons (Fsp3) is 0.800. The Morgan fingerprint density at radius 2 is 2.11 bits per heavy atom. The predicted molar refractivity (Wildman–Crippen MR) is 62.2 cm³/mol. The quantitative estimate of drug-likeness (QED) is 0.720. The number of sulfonamides is 1. The summed E-state index contributed by atoms with van der Waals surface area (Å²) in [5, 5.41) is 16.7. The van der Waals surface area contributed by atoms with Gasteiger partial charge >= 0.3 is 5.97 Å². The molecule has 2 N–H and O–H groups in total. The molecule has 1 fully saturated rings. The van der Waals surface area contributed by atoms with Crippen molar-refractivity contribution < 1.29 is 23.1 Å². The van der Waals surface area contributed by atoms with Gasteiger partial charge in [0.15, 0.2) is 5.25 Å². The van der Waals surface area contributed by atoms with E-state index in [9.17, 15) is 18.3 Å². The van der Waals surface area contributed by atoms with Crippen molar-refractivity contribution in [1.29, 1.82) is 5.26 Å². The zero-order chi connectivity index (χ0) is 13.8. The molecule has 1 atom stereocenters. The van der Waals surface area contributed by atoms with E-state index in [2.05, 4.69) is 4.72 Å². The van der Waals surface area contributed by atoms with E-state index in [0.29, 0.717) is 0 Å². The lowest BCUT2D eigenvalue weighted by Gasteiger charge is -2.34. The van der Waals surface area contributed by atoms with Crippen LogP contribution in [0.15, 0.2) is 0 Å². The van der Waals surface area contributed by atoms with Crippen molar-refractivity contribution in [2.75, 3.05) is 13.2 Å². The van der Waals surface area contributed by atoms with Gasteiger partial charge in [0.05, 0.1) is 6.07 Å². The molecule has 1 heterocycles. The number of carboxylic acid groups (broad SMARTS) is 1. The normalized spacial score (nSPS) is 20.9. The molecule has 0 aromatic carbocycles. The highest BCUT2D eigenvalue weighted by Crippen LogP contribution is 2.23. The zero-order valence-corrected chi connectivity index (χ0v) is 10.9. The maximum absolute atomic E-state index is 11.9. The number of nitrogens with one attached hydrogen (secondary N) is 1. The molecule has 7 nitrogen and oxygen atoms in total. The van der Waals surface area contributed by atoms with Crippen molar-refractivity contribution >= 4 is 16.0 Å². The Morgan fingerprint density at radius 3 is 2.50 bits per heavy atom. The minimum Gasteiger partial charge on any atom is -0.480 e. The number of rotatable bonds is 5. The highest BCUT2D eigenvalue weighted by Gasteiger charge is 2.45. The molecule has 0 radical (unpaired) electrons. The average Bonchev–Trinajstić information content (AvgIpc) is 2.30. The predicted octanol–water partition coefficient (Wildman–Crippen LogP) is -0.158. The summed E-state index contributed by atoms with van der Waals surface area (Å²) in [6, 6.07) is 1.66. The van der Waals surface area contributed by atoms with Crippen LogP contribution in [-0.4, -0.2) is 43.5 Å². The Balaban J connectivity index is 2.98. The summed E-state index contributed by atoms with van der Waals surface area (Å²) in [7, 11) is -3.97. The third kappa shape index (κ3) is 2.98. The molecule has 0 aromatic heterocycles. The first-order valence-electron chi connectivity index (χ1n) is 5.61. The Labute approximate surface area is 106 Å². The minimum absolute atomic E-state index is 0.0590. The van der Waals surface area contributed by atoms with E-state index >= 15 is 0 Å². The summed E-state index contributed by atoms with van der Waals surface area (Å²) in [6.45, 7) is 1.92. The average molecular weight is 276 g/mol. The Hall–Kier alpha value is -1.17. The van der Waals surface area contributed by atoms with Gasteiger partial charge in [-0.15, -0.1) is 0 Å².